The first-order valence-electron chi connectivity index (χ1n) is 4.94. The minimum absolute atomic E-state index is 0.0539. The van der Waals surface area contributed by atoms with E-state index in [9.17, 15) is 4.79 Å². The van der Waals surface area contributed by atoms with Gasteiger partial charge in [-0.25, -0.2) is 4.79 Å². The zero-order chi connectivity index (χ0) is 12.4. The van der Waals surface area contributed by atoms with Crippen LogP contribution in [0.1, 0.15) is 10.6 Å². The predicted octanol–water partition coefficient (Wildman–Crippen LogP) is 2.24. The number of hydrogen-bond donors (Lipinski definition) is 0. The second-order valence-corrected chi connectivity index (χ2v) is 3.32. The molecule has 5 heteroatoms. The van der Waals surface area contributed by atoms with E-state index in [-0.39, 0.29) is 5.76 Å². The molecule has 1 heterocycles. The average molecular weight is 236 g/mol. The van der Waals surface area contributed by atoms with Crippen LogP contribution in [0.25, 0.3) is 11.0 Å². The van der Waals surface area contributed by atoms with E-state index in [0.717, 1.165) is 0 Å². The van der Waals surface area contributed by atoms with Crippen LogP contribution >= 0.6 is 0 Å². The van der Waals surface area contributed by atoms with Crippen molar-refractivity contribution in [3.63, 3.8) is 0 Å². The van der Waals surface area contributed by atoms with Crippen LogP contribution in [0.15, 0.2) is 22.6 Å². The van der Waals surface area contributed by atoms with Gasteiger partial charge in [-0.3, -0.25) is 0 Å². The summed E-state index contributed by atoms with van der Waals surface area (Å²) in [6.07, 6.45) is 0. The molecule has 0 atom stereocenters. The van der Waals surface area contributed by atoms with Gasteiger partial charge < -0.3 is 18.6 Å². The van der Waals surface area contributed by atoms with E-state index in [1.54, 1.807) is 25.3 Å². The fourth-order valence-electron chi connectivity index (χ4n) is 1.61. The Morgan fingerprint density at radius 2 is 1.94 bits per heavy atom. The van der Waals surface area contributed by atoms with Crippen LogP contribution in [-0.4, -0.2) is 27.3 Å². The molecule has 0 fully saturated rings. The molecule has 0 saturated carbocycles. The van der Waals surface area contributed by atoms with E-state index >= 15 is 0 Å². The van der Waals surface area contributed by atoms with Gasteiger partial charge in [-0.15, -0.1) is 0 Å². The van der Waals surface area contributed by atoms with Gasteiger partial charge in [0.25, 0.3) is 5.76 Å². The summed E-state index contributed by atoms with van der Waals surface area (Å²) in [6, 6.07) is 5.22. The van der Waals surface area contributed by atoms with E-state index in [2.05, 4.69) is 4.74 Å². The molecule has 0 bridgehead atoms. The first kappa shape index (κ1) is 11.3. The third kappa shape index (κ3) is 1.80. The number of hydrogen-bond acceptors (Lipinski definition) is 5. The van der Waals surface area contributed by atoms with Crippen LogP contribution in [0, 0.1) is 0 Å². The van der Waals surface area contributed by atoms with Crippen LogP contribution < -0.4 is 9.47 Å². The van der Waals surface area contributed by atoms with Crippen molar-refractivity contribution in [2.75, 3.05) is 21.3 Å². The van der Waals surface area contributed by atoms with Crippen LogP contribution in [0.5, 0.6) is 11.5 Å². The lowest BCUT2D eigenvalue weighted by molar-refractivity contribution is 0.0562. The average Bonchev–Trinajstić information content (AvgIpc) is 2.74. The Balaban J connectivity index is 2.65. The van der Waals surface area contributed by atoms with Crippen molar-refractivity contribution in [1.82, 2.24) is 0 Å². The summed E-state index contributed by atoms with van der Waals surface area (Å²) in [7, 11) is 4.32. The van der Waals surface area contributed by atoms with Gasteiger partial charge >= 0.3 is 5.97 Å². The minimum Gasteiger partial charge on any atom is -0.497 e. The molecule has 2 rings (SSSR count). The number of carbonyl (C=O) groups excluding carboxylic acids is 1. The molecule has 0 aliphatic carbocycles. The molecule has 0 aliphatic rings. The molecule has 5 nitrogen and oxygen atoms in total. The Bertz CT molecular complexity index is 555. The molecular formula is C12H12O5. The summed E-state index contributed by atoms with van der Waals surface area (Å²) in [6.45, 7) is 0. The zero-order valence-electron chi connectivity index (χ0n) is 9.77. The van der Waals surface area contributed by atoms with Crippen LogP contribution in [0.2, 0.25) is 0 Å². The molecule has 0 unspecified atom stereocenters. The van der Waals surface area contributed by atoms with Gasteiger partial charge in [-0.05, 0) is 12.1 Å². The molecule has 0 aliphatic heterocycles. The van der Waals surface area contributed by atoms with Gasteiger partial charge in [0.2, 0.25) is 0 Å². The summed E-state index contributed by atoms with van der Waals surface area (Å²) >= 11 is 0. The number of furan rings is 1. The Morgan fingerprint density at radius 3 is 2.53 bits per heavy atom. The van der Waals surface area contributed by atoms with Crippen LogP contribution in [0.4, 0.5) is 0 Å². The summed E-state index contributed by atoms with van der Waals surface area (Å²) in [4.78, 5) is 11.5. The summed E-state index contributed by atoms with van der Waals surface area (Å²) < 4.78 is 20.3. The molecule has 2 aromatic rings. The molecule has 0 N–H and O–H groups in total. The summed E-state index contributed by atoms with van der Waals surface area (Å²) in [5.41, 5.74) is 0.515. The van der Waals surface area contributed by atoms with E-state index in [4.69, 9.17) is 13.9 Å². The molecule has 1 aromatic heterocycles. The number of esters is 1. The highest BCUT2D eigenvalue weighted by Gasteiger charge is 2.22. The highest BCUT2D eigenvalue weighted by Crippen LogP contribution is 2.35. The maximum Gasteiger partial charge on any atom is 0.377 e. The normalized spacial score (nSPS) is 10.3. The SMILES string of the molecule is COC(=O)c1oc2cc(OC)ccc2c1OC. The van der Waals surface area contributed by atoms with Gasteiger partial charge in [0.05, 0.1) is 26.7 Å². The quantitative estimate of drug-likeness (QED) is 0.765. The molecule has 0 saturated heterocycles. The molecule has 17 heavy (non-hydrogen) atoms. The number of carbonyl (C=O) groups is 1. The van der Waals surface area contributed by atoms with Crippen molar-refractivity contribution in [2.45, 2.75) is 0 Å². The fraction of sp³-hybridized carbons (Fsp3) is 0.250. The van der Waals surface area contributed by atoms with Crippen molar-refractivity contribution >= 4 is 16.9 Å². The maximum atomic E-state index is 11.5. The molecule has 1 aromatic carbocycles. The highest BCUT2D eigenvalue weighted by atomic mass is 16.5. The Hall–Kier alpha value is -2.17. The summed E-state index contributed by atoms with van der Waals surface area (Å²) in [5.74, 6) is 0.495. The standard InChI is InChI=1S/C12H12O5/c1-14-7-4-5-8-9(6-7)17-11(10(8)15-2)12(13)16-3/h4-6H,1-3H3. The second kappa shape index (κ2) is 4.37. The van der Waals surface area contributed by atoms with E-state index in [0.29, 0.717) is 22.5 Å². The third-order valence-electron chi connectivity index (χ3n) is 2.43. The molecule has 0 radical (unpaired) electrons. The molecule has 0 spiro atoms. The van der Waals surface area contributed by atoms with Gasteiger partial charge in [0, 0.05) is 6.07 Å². The predicted molar refractivity (Wildman–Crippen MR) is 60.7 cm³/mol. The Morgan fingerprint density at radius 1 is 1.18 bits per heavy atom. The third-order valence-corrected chi connectivity index (χ3v) is 2.43. The molecule has 0 amide bonds. The largest absolute Gasteiger partial charge is 0.497 e. The number of fused-ring (bicyclic) bond motifs is 1. The highest BCUT2D eigenvalue weighted by molar-refractivity contribution is 5.99. The summed E-state index contributed by atoms with van der Waals surface area (Å²) in [5, 5.41) is 0.702. The van der Waals surface area contributed by atoms with Gasteiger partial charge in [0.15, 0.2) is 5.75 Å². The molecular weight excluding hydrogens is 224 g/mol. The van der Waals surface area contributed by atoms with Gasteiger partial charge in [-0.1, -0.05) is 0 Å². The topological polar surface area (TPSA) is 57.9 Å². The van der Waals surface area contributed by atoms with E-state index in [1.165, 1.54) is 14.2 Å². The van der Waals surface area contributed by atoms with E-state index < -0.39 is 5.97 Å². The lowest BCUT2D eigenvalue weighted by atomic mass is 10.2. The van der Waals surface area contributed by atoms with Crippen molar-refractivity contribution in [1.29, 1.82) is 0 Å². The van der Waals surface area contributed by atoms with Crippen molar-refractivity contribution in [3.8, 4) is 11.5 Å². The van der Waals surface area contributed by atoms with Crippen molar-refractivity contribution < 1.29 is 23.4 Å². The first-order valence-corrected chi connectivity index (χ1v) is 4.94. The number of rotatable bonds is 3. The van der Waals surface area contributed by atoms with Crippen molar-refractivity contribution in [2.24, 2.45) is 0 Å². The lowest BCUT2D eigenvalue weighted by Crippen LogP contribution is -2.01. The second-order valence-electron chi connectivity index (χ2n) is 3.32. The van der Waals surface area contributed by atoms with Crippen molar-refractivity contribution in [3.05, 3.63) is 24.0 Å². The minimum atomic E-state index is -0.572. The lowest BCUT2D eigenvalue weighted by Gasteiger charge is -1.99. The first-order chi connectivity index (χ1) is 8.21. The number of methoxy groups -OCH3 is 3. The number of benzene rings is 1. The smallest absolute Gasteiger partial charge is 0.377 e. The maximum absolute atomic E-state index is 11.5. The van der Waals surface area contributed by atoms with E-state index in [1.807, 2.05) is 0 Å². The van der Waals surface area contributed by atoms with Gasteiger partial charge in [-0.2, -0.15) is 0 Å². The van der Waals surface area contributed by atoms with Gasteiger partial charge in [0.1, 0.15) is 11.3 Å². The van der Waals surface area contributed by atoms with Crippen LogP contribution in [-0.2, 0) is 4.74 Å². The number of ether oxygens (including phenoxy) is 3. The Kier molecular flexibility index (Phi) is 2.91. The fourth-order valence-corrected chi connectivity index (χ4v) is 1.61. The Labute approximate surface area is 97.9 Å². The molecule has 90 valence electrons. The van der Waals surface area contributed by atoms with Crippen LogP contribution in [0.3, 0.4) is 0 Å². The zero-order valence-corrected chi connectivity index (χ0v) is 9.77. The monoisotopic (exact) mass is 236 g/mol.